The fourth-order valence-corrected chi connectivity index (χ4v) is 4.44. The molecule has 128 valence electrons. The zero-order valence-electron chi connectivity index (χ0n) is 14.7. The van der Waals surface area contributed by atoms with Crippen LogP contribution in [0.1, 0.15) is 68.2 Å². The van der Waals surface area contributed by atoms with Crippen LogP contribution in [0.4, 0.5) is 0 Å². The molecule has 7 heteroatoms. The second-order valence-corrected chi connectivity index (χ2v) is 11.8. The molecule has 0 aromatic heterocycles. The largest absolute Gasteiger partial charge is 0.242 e. The molecule has 0 aliphatic heterocycles. The van der Waals surface area contributed by atoms with Crippen molar-refractivity contribution in [1.29, 1.82) is 0 Å². The smallest absolute Gasteiger partial charge is 0.212 e. The summed E-state index contributed by atoms with van der Waals surface area (Å²) < 4.78 is 41.4. The minimum absolute atomic E-state index is 0.0560. The van der Waals surface area contributed by atoms with Crippen molar-refractivity contribution < 1.29 is 12.6 Å². The number of sulfonamides is 1. The number of nitrogens with one attached hydrogen (secondary N) is 2. The molecule has 0 aliphatic carbocycles. The van der Waals surface area contributed by atoms with Crippen LogP contribution in [-0.4, -0.2) is 34.2 Å². The molecular weight excluding hydrogens is 308 g/mol. The van der Waals surface area contributed by atoms with Crippen molar-refractivity contribution in [2.45, 2.75) is 84.1 Å². The zero-order valence-corrected chi connectivity index (χ0v) is 16.3. The Labute approximate surface area is 133 Å². The lowest BCUT2D eigenvalue weighted by Crippen LogP contribution is -2.46. The first kappa shape index (κ1) is 21.0. The minimum atomic E-state index is -3.29. The lowest BCUT2D eigenvalue weighted by molar-refractivity contribution is 0.483. The molecule has 0 amide bonds. The molecule has 0 aliphatic rings. The summed E-state index contributed by atoms with van der Waals surface area (Å²) in [5.41, 5.74) is -0.701. The molecular formula is C14H32N2O3S2. The van der Waals surface area contributed by atoms with Gasteiger partial charge in [-0.2, -0.15) is 0 Å². The molecule has 0 radical (unpaired) electrons. The maximum Gasteiger partial charge on any atom is 0.212 e. The summed E-state index contributed by atoms with van der Waals surface area (Å²) >= 11 is 0. The van der Waals surface area contributed by atoms with Gasteiger partial charge in [0, 0.05) is 11.1 Å². The number of hydrogen-bond donors (Lipinski definition) is 2. The van der Waals surface area contributed by atoms with Crippen molar-refractivity contribution in [3.63, 3.8) is 0 Å². The predicted octanol–water partition coefficient (Wildman–Crippen LogP) is 2.31. The Morgan fingerprint density at radius 1 is 0.905 bits per heavy atom. The Morgan fingerprint density at radius 2 is 1.38 bits per heavy atom. The van der Waals surface area contributed by atoms with Gasteiger partial charge >= 0.3 is 0 Å². The van der Waals surface area contributed by atoms with Crippen LogP contribution in [0.15, 0.2) is 0 Å². The van der Waals surface area contributed by atoms with Crippen molar-refractivity contribution in [2.24, 2.45) is 0 Å². The van der Waals surface area contributed by atoms with Crippen LogP contribution >= 0.6 is 0 Å². The molecule has 0 aromatic carbocycles. The highest BCUT2D eigenvalue weighted by Crippen LogP contribution is 2.21. The number of rotatable bonds is 7. The Kier molecular flexibility index (Phi) is 7.07. The molecule has 0 saturated carbocycles. The van der Waals surface area contributed by atoms with E-state index in [1.807, 2.05) is 55.4 Å². The van der Waals surface area contributed by atoms with Crippen molar-refractivity contribution in [2.75, 3.05) is 5.75 Å². The maximum absolute atomic E-state index is 12.3. The first-order valence-corrected chi connectivity index (χ1v) is 10.1. The van der Waals surface area contributed by atoms with Crippen LogP contribution in [0.25, 0.3) is 0 Å². The van der Waals surface area contributed by atoms with E-state index < -0.39 is 31.3 Å². The quantitative estimate of drug-likeness (QED) is 0.747. The van der Waals surface area contributed by atoms with E-state index in [1.54, 1.807) is 0 Å². The van der Waals surface area contributed by atoms with Crippen LogP contribution in [-0.2, 0) is 21.0 Å². The van der Waals surface area contributed by atoms with Gasteiger partial charge in [-0.1, -0.05) is 0 Å². The summed E-state index contributed by atoms with van der Waals surface area (Å²) in [5, 5.41) is 0. The SMILES string of the molecule is CC(C)(C)NS(=O)C(C)(C)CCCS(=O)(=O)NC(C)(C)C. The van der Waals surface area contributed by atoms with E-state index in [4.69, 9.17) is 0 Å². The zero-order chi connectivity index (χ0) is 17.1. The summed E-state index contributed by atoms with van der Waals surface area (Å²) in [4.78, 5) is 0. The Balaban J connectivity index is 4.49. The van der Waals surface area contributed by atoms with Crippen molar-refractivity contribution >= 4 is 21.0 Å². The third-order valence-corrected chi connectivity index (χ3v) is 6.31. The molecule has 1 unspecified atom stereocenters. The standard InChI is InChI=1S/C14H32N2O3S2/c1-12(2,3)15-20(17)14(7,8)10-9-11-21(18,19)16-13(4,5)6/h15-16H,9-11H2,1-8H3. The molecule has 0 aromatic rings. The van der Waals surface area contributed by atoms with E-state index >= 15 is 0 Å². The molecule has 0 bridgehead atoms. The van der Waals surface area contributed by atoms with E-state index in [2.05, 4.69) is 9.44 Å². The summed E-state index contributed by atoms with van der Waals surface area (Å²) in [5.74, 6) is 0.0560. The molecule has 5 nitrogen and oxygen atoms in total. The van der Waals surface area contributed by atoms with Crippen LogP contribution in [0.5, 0.6) is 0 Å². The van der Waals surface area contributed by atoms with Gasteiger partial charge in [0.25, 0.3) is 0 Å². The van der Waals surface area contributed by atoms with Crippen molar-refractivity contribution in [1.82, 2.24) is 9.44 Å². The van der Waals surface area contributed by atoms with E-state index in [9.17, 15) is 12.6 Å². The minimum Gasteiger partial charge on any atom is -0.242 e. The predicted molar refractivity (Wildman–Crippen MR) is 91.0 cm³/mol. The van der Waals surface area contributed by atoms with E-state index in [0.29, 0.717) is 12.8 Å². The Hall–Kier alpha value is 0.0200. The van der Waals surface area contributed by atoms with Crippen LogP contribution in [0.2, 0.25) is 0 Å². The van der Waals surface area contributed by atoms with Gasteiger partial charge in [-0.05, 0) is 68.2 Å². The first-order chi connectivity index (χ1) is 9.04. The summed E-state index contributed by atoms with van der Waals surface area (Å²) in [6.45, 7) is 15.1. The monoisotopic (exact) mass is 340 g/mol. The average Bonchev–Trinajstić information content (AvgIpc) is 2.09. The lowest BCUT2D eigenvalue weighted by atomic mass is 10.1. The fourth-order valence-electron chi connectivity index (χ4n) is 1.71. The molecule has 0 spiro atoms. The summed E-state index contributed by atoms with van der Waals surface area (Å²) in [7, 11) is -4.50. The Morgan fingerprint density at radius 3 is 1.76 bits per heavy atom. The second-order valence-electron chi connectivity index (χ2n) is 8.15. The van der Waals surface area contributed by atoms with Gasteiger partial charge in [0.15, 0.2) is 0 Å². The van der Waals surface area contributed by atoms with Gasteiger partial charge in [-0.25, -0.2) is 22.1 Å². The van der Waals surface area contributed by atoms with E-state index in [1.165, 1.54) is 0 Å². The van der Waals surface area contributed by atoms with Crippen molar-refractivity contribution in [3.05, 3.63) is 0 Å². The molecule has 0 rings (SSSR count). The van der Waals surface area contributed by atoms with Crippen molar-refractivity contribution in [3.8, 4) is 0 Å². The highest BCUT2D eigenvalue weighted by atomic mass is 32.2. The van der Waals surface area contributed by atoms with Crippen LogP contribution in [0.3, 0.4) is 0 Å². The third-order valence-electron chi connectivity index (χ3n) is 2.55. The van der Waals surface area contributed by atoms with Crippen LogP contribution in [0, 0.1) is 0 Å². The van der Waals surface area contributed by atoms with Crippen LogP contribution < -0.4 is 9.44 Å². The second kappa shape index (κ2) is 7.06. The molecule has 2 N–H and O–H groups in total. The lowest BCUT2D eigenvalue weighted by Gasteiger charge is -2.29. The van der Waals surface area contributed by atoms with Gasteiger partial charge in [-0.15, -0.1) is 0 Å². The van der Waals surface area contributed by atoms with Gasteiger partial charge in [-0.3, -0.25) is 0 Å². The van der Waals surface area contributed by atoms with E-state index in [0.717, 1.165) is 0 Å². The third kappa shape index (κ3) is 10.4. The summed E-state index contributed by atoms with van der Waals surface area (Å²) in [6, 6.07) is 0. The fraction of sp³-hybridized carbons (Fsp3) is 1.00. The average molecular weight is 341 g/mol. The maximum atomic E-state index is 12.3. The highest BCUT2D eigenvalue weighted by Gasteiger charge is 2.29. The van der Waals surface area contributed by atoms with Gasteiger partial charge in [0.2, 0.25) is 10.0 Å². The highest BCUT2D eigenvalue weighted by molar-refractivity contribution is 7.89. The first-order valence-electron chi connectivity index (χ1n) is 7.25. The topological polar surface area (TPSA) is 75.3 Å². The molecule has 0 fully saturated rings. The van der Waals surface area contributed by atoms with Gasteiger partial charge < -0.3 is 0 Å². The Bertz CT molecular complexity index is 458. The van der Waals surface area contributed by atoms with E-state index in [-0.39, 0.29) is 11.3 Å². The summed E-state index contributed by atoms with van der Waals surface area (Å²) in [6.07, 6.45) is 1.06. The molecule has 0 heterocycles. The molecule has 1 atom stereocenters. The van der Waals surface area contributed by atoms with Gasteiger partial charge in [0.1, 0.15) is 0 Å². The normalized spacial score (nSPS) is 16.0. The van der Waals surface area contributed by atoms with Gasteiger partial charge in [0.05, 0.1) is 21.5 Å². The molecule has 0 saturated heterocycles. The molecule has 21 heavy (non-hydrogen) atoms. The number of hydrogen-bond acceptors (Lipinski definition) is 3.